The van der Waals surface area contributed by atoms with Gasteiger partial charge in [0.2, 0.25) is 23.6 Å². The van der Waals surface area contributed by atoms with Crippen molar-refractivity contribution in [3.8, 4) is 11.8 Å². The lowest BCUT2D eigenvalue weighted by Gasteiger charge is -2.37. The van der Waals surface area contributed by atoms with E-state index in [0.29, 0.717) is 42.9 Å². The number of rotatable bonds is 8. The van der Waals surface area contributed by atoms with Crippen LogP contribution < -0.4 is 26.6 Å². The highest BCUT2D eigenvalue weighted by molar-refractivity contribution is 7.85. The molecule has 6 N–H and O–H groups in total. The van der Waals surface area contributed by atoms with Crippen molar-refractivity contribution in [1.29, 1.82) is 0 Å². The molecule has 0 radical (unpaired) electrons. The normalized spacial score (nSPS) is 29.6. The van der Waals surface area contributed by atoms with Gasteiger partial charge < -0.3 is 31.3 Å². The zero-order valence-electron chi connectivity index (χ0n) is 33.3. The van der Waals surface area contributed by atoms with Crippen LogP contribution in [0.1, 0.15) is 106 Å². The minimum Gasteiger partial charge on any atom is -0.368 e. The summed E-state index contributed by atoms with van der Waals surface area (Å²) in [7, 11) is -4.55. The molecule has 17 heteroatoms. The van der Waals surface area contributed by atoms with Gasteiger partial charge in [0.15, 0.2) is 6.04 Å². The summed E-state index contributed by atoms with van der Waals surface area (Å²) in [4.78, 5) is 71.1. The molecule has 4 atom stereocenters. The van der Waals surface area contributed by atoms with Crippen LogP contribution in [0.4, 0.5) is 0 Å². The fraction of sp³-hybridized carbons (Fsp3) is 0.643. The van der Waals surface area contributed by atoms with E-state index in [2.05, 4.69) is 38.4 Å². The van der Waals surface area contributed by atoms with Crippen molar-refractivity contribution in [3.63, 3.8) is 0 Å². The number of hydrogen-bond acceptors (Lipinski definition) is 10. The molecule has 14 nitrogen and oxygen atoms in total. The van der Waals surface area contributed by atoms with E-state index in [9.17, 15) is 36.9 Å². The summed E-state index contributed by atoms with van der Waals surface area (Å²) in [6.45, 7) is -0.310. The molecule has 5 fully saturated rings. The smallest absolute Gasteiger partial charge is 0.283 e. The number of thiophene rings is 2. The number of carbonyl (C=O) groups excluding carboxylic acids is 5. The van der Waals surface area contributed by atoms with Gasteiger partial charge in [-0.3, -0.25) is 28.5 Å². The molecule has 0 aromatic carbocycles. The van der Waals surface area contributed by atoms with E-state index < -0.39 is 69.7 Å². The Balaban J connectivity index is 1.28. The zero-order valence-corrected chi connectivity index (χ0v) is 35.8. The Morgan fingerprint density at radius 2 is 1.47 bits per heavy atom. The summed E-state index contributed by atoms with van der Waals surface area (Å²) in [5.74, 6) is 3.07. The van der Waals surface area contributed by atoms with Crippen molar-refractivity contribution in [2.75, 3.05) is 12.5 Å². The molecule has 4 heterocycles. The van der Waals surface area contributed by atoms with Crippen LogP contribution in [0.5, 0.6) is 0 Å². The number of hydrogen-bond donors (Lipinski definition) is 6. The van der Waals surface area contributed by atoms with Crippen LogP contribution in [0.3, 0.4) is 0 Å². The van der Waals surface area contributed by atoms with Crippen molar-refractivity contribution < 1.29 is 41.7 Å². The Morgan fingerprint density at radius 3 is 2.15 bits per heavy atom. The van der Waals surface area contributed by atoms with E-state index in [-0.39, 0.29) is 37.4 Å². The molecule has 59 heavy (non-hydrogen) atoms. The summed E-state index contributed by atoms with van der Waals surface area (Å²) in [6, 6.07) is 2.58. The van der Waals surface area contributed by atoms with Crippen molar-refractivity contribution in [2.24, 2.45) is 23.7 Å². The number of fused-ring (bicyclic) bond motifs is 16. The first-order valence-electron chi connectivity index (χ1n) is 21.0. The maximum Gasteiger partial charge on any atom is 0.283 e. The third-order valence-corrected chi connectivity index (χ3v) is 14.5. The molecule has 5 amide bonds. The van der Waals surface area contributed by atoms with Crippen LogP contribution in [0.25, 0.3) is 0 Å². The second-order valence-corrected chi connectivity index (χ2v) is 20.0. The van der Waals surface area contributed by atoms with Crippen molar-refractivity contribution in [2.45, 2.75) is 133 Å². The predicted octanol–water partition coefficient (Wildman–Crippen LogP) is 4.06. The van der Waals surface area contributed by atoms with Gasteiger partial charge in [-0.15, -0.1) is 22.7 Å². The topological polar surface area (TPSA) is 209 Å². The van der Waals surface area contributed by atoms with Gasteiger partial charge in [-0.2, -0.15) is 8.42 Å². The molecule has 7 rings (SSSR count). The Bertz CT molecular complexity index is 1890. The third-order valence-electron chi connectivity index (χ3n) is 12.3. The van der Waals surface area contributed by atoms with Crippen LogP contribution in [0.15, 0.2) is 35.0 Å². The number of ether oxygens (including phenoxy) is 1. The first kappa shape index (κ1) is 44.7. The van der Waals surface area contributed by atoms with E-state index in [0.717, 1.165) is 36.5 Å². The maximum atomic E-state index is 14.5. The molecule has 0 spiro atoms. The summed E-state index contributed by atoms with van der Waals surface area (Å²) in [5, 5.41) is 17.2. The SMILES string of the molecule is O=C1COC2CCC(CC2)CC(C(=O)NCS(=O)(=O)O)NC(=O)C(Cc2cccs2)NC(=O)C(CC2CCC(C3CCCCC3)CC2)NC(=O)C(C#Cc2cccs2)N1. The average Bonchev–Trinajstić information content (AvgIpc) is 3.95. The lowest BCUT2D eigenvalue weighted by molar-refractivity contribution is -0.135. The molecule has 2 bridgehead atoms. The molecular formula is C42H57N5O9S3. The Morgan fingerprint density at radius 1 is 0.797 bits per heavy atom. The molecule has 3 saturated carbocycles. The summed E-state index contributed by atoms with van der Waals surface area (Å²) < 4.78 is 38.4. The Hall–Kier alpha value is -3.82. The standard InChI is InChI=1S/C42H57N5O9S3/c48-38-25-56-31-16-12-28(13-17-31)22-35(39(49)43-26-59(53,54)55)45-42(52)37(24-33-9-5-21-58-33)47-41(51)36(46-40(50)34(44-38)19-18-32-8-4-20-57-32)23-27-10-14-30(15-11-27)29-6-2-1-3-7-29/h4-5,8-9,20-21,27-31,34-37H,1-3,6-7,10-17,22-26H2,(H,43,49)(H,44,48)(H,45,52)(H,46,50)(H,47,51)(H,53,54,55). The first-order valence-corrected chi connectivity index (χ1v) is 24.4. The fourth-order valence-electron chi connectivity index (χ4n) is 9.15. The van der Waals surface area contributed by atoms with Gasteiger partial charge in [-0.25, -0.2) is 0 Å². The van der Waals surface area contributed by atoms with Gasteiger partial charge in [0.05, 0.1) is 11.0 Å². The largest absolute Gasteiger partial charge is 0.368 e. The number of nitrogens with one attached hydrogen (secondary N) is 5. The van der Waals surface area contributed by atoms with E-state index in [1.807, 2.05) is 35.0 Å². The lowest BCUT2D eigenvalue weighted by atomic mass is 9.70. The van der Waals surface area contributed by atoms with E-state index in [1.54, 1.807) is 0 Å². The molecular weight excluding hydrogens is 815 g/mol. The van der Waals surface area contributed by atoms with Crippen LogP contribution in [-0.4, -0.2) is 85.3 Å². The summed E-state index contributed by atoms with van der Waals surface area (Å²) >= 11 is 2.79. The average molecular weight is 872 g/mol. The van der Waals surface area contributed by atoms with E-state index >= 15 is 0 Å². The van der Waals surface area contributed by atoms with Crippen molar-refractivity contribution >= 4 is 62.3 Å². The van der Waals surface area contributed by atoms with Gasteiger partial charge in [0, 0.05) is 11.3 Å². The van der Waals surface area contributed by atoms with Gasteiger partial charge in [-0.1, -0.05) is 68.9 Å². The van der Waals surface area contributed by atoms with Crippen molar-refractivity contribution in [1.82, 2.24) is 26.6 Å². The molecule has 322 valence electrons. The molecule has 2 aromatic rings. The molecule has 5 aliphatic rings. The lowest BCUT2D eigenvalue weighted by Crippen LogP contribution is -2.59. The minimum atomic E-state index is -4.55. The molecule has 2 aromatic heterocycles. The van der Waals surface area contributed by atoms with Crippen LogP contribution in [0, 0.1) is 35.5 Å². The monoisotopic (exact) mass is 871 g/mol. The van der Waals surface area contributed by atoms with Gasteiger partial charge in [-0.05, 0) is 97.9 Å². The predicted molar refractivity (Wildman–Crippen MR) is 224 cm³/mol. The molecule has 2 saturated heterocycles. The van der Waals surface area contributed by atoms with E-state index in [4.69, 9.17) is 4.74 Å². The summed E-state index contributed by atoms with van der Waals surface area (Å²) in [5.41, 5.74) is 0. The fourth-order valence-corrected chi connectivity index (χ4v) is 10.8. The maximum absolute atomic E-state index is 14.5. The van der Waals surface area contributed by atoms with Gasteiger partial charge >= 0.3 is 0 Å². The van der Waals surface area contributed by atoms with Crippen LogP contribution in [-0.2, 0) is 45.2 Å². The number of carbonyl (C=O) groups is 5. The third kappa shape index (κ3) is 14.1. The Labute approximate surface area is 354 Å². The second-order valence-electron chi connectivity index (χ2n) is 16.6. The zero-order chi connectivity index (χ0) is 41.8. The van der Waals surface area contributed by atoms with Crippen LogP contribution >= 0.6 is 22.7 Å². The van der Waals surface area contributed by atoms with Gasteiger partial charge in [0.1, 0.15) is 30.6 Å². The van der Waals surface area contributed by atoms with Crippen LogP contribution in [0.2, 0.25) is 0 Å². The quantitative estimate of drug-likeness (QED) is 0.128. The second kappa shape index (κ2) is 21.6. The highest BCUT2D eigenvalue weighted by atomic mass is 32.2. The van der Waals surface area contributed by atoms with Crippen molar-refractivity contribution in [3.05, 3.63) is 44.8 Å². The first-order chi connectivity index (χ1) is 28.4. The molecule has 3 aliphatic carbocycles. The van der Waals surface area contributed by atoms with Gasteiger partial charge in [0.25, 0.3) is 16.0 Å². The minimum absolute atomic E-state index is 0.0609. The van der Waals surface area contributed by atoms with E-state index in [1.165, 1.54) is 54.8 Å². The number of amides is 5. The Kier molecular flexibility index (Phi) is 16.4. The molecule has 2 aliphatic heterocycles. The molecule has 4 unspecified atom stereocenters. The summed E-state index contributed by atoms with van der Waals surface area (Å²) in [6.07, 6.45) is 12.9. The highest BCUT2D eigenvalue weighted by Gasteiger charge is 2.36. The highest BCUT2D eigenvalue weighted by Crippen LogP contribution is 2.41.